The lowest BCUT2D eigenvalue weighted by Gasteiger charge is -2.11. The van der Waals surface area contributed by atoms with Crippen molar-refractivity contribution in [3.8, 4) is 17.1 Å². The molecule has 0 spiro atoms. The number of rotatable bonds is 7. The molecule has 0 fully saturated rings. The standard InChI is InChI=1S/C18H20N4O3S/c1-21(2)16(23)12-26-18-20-19-17(13-6-8-14(24-3)9-7-13)22(18)11-15-5-4-10-25-15/h4-10H,11-12H2,1-3H3. The van der Waals surface area contributed by atoms with E-state index in [1.165, 1.54) is 11.8 Å². The second-order valence-electron chi connectivity index (χ2n) is 5.78. The largest absolute Gasteiger partial charge is 0.497 e. The van der Waals surface area contributed by atoms with Crippen LogP contribution in [0.15, 0.2) is 52.2 Å². The van der Waals surface area contributed by atoms with Crippen LogP contribution >= 0.6 is 11.8 Å². The molecule has 2 heterocycles. The van der Waals surface area contributed by atoms with Gasteiger partial charge < -0.3 is 14.1 Å². The number of furan rings is 1. The average molecular weight is 372 g/mol. The van der Waals surface area contributed by atoms with Crippen LogP contribution in [0.5, 0.6) is 5.75 Å². The van der Waals surface area contributed by atoms with Gasteiger partial charge in [-0.15, -0.1) is 10.2 Å². The highest BCUT2D eigenvalue weighted by Crippen LogP contribution is 2.26. The second-order valence-corrected chi connectivity index (χ2v) is 6.72. The van der Waals surface area contributed by atoms with Crippen LogP contribution in [0.1, 0.15) is 5.76 Å². The van der Waals surface area contributed by atoms with Crippen molar-refractivity contribution in [3.05, 3.63) is 48.4 Å². The number of methoxy groups -OCH3 is 1. The molecule has 0 radical (unpaired) electrons. The van der Waals surface area contributed by atoms with E-state index < -0.39 is 0 Å². The summed E-state index contributed by atoms with van der Waals surface area (Å²) in [6.45, 7) is 0.486. The van der Waals surface area contributed by atoms with E-state index in [-0.39, 0.29) is 5.91 Å². The Bertz CT molecular complexity index is 857. The van der Waals surface area contributed by atoms with Crippen LogP contribution in [0.3, 0.4) is 0 Å². The van der Waals surface area contributed by atoms with Crippen LogP contribution in [0.2, 0.25) is 0 Å². The highest BCUT2D eigenvalue weighted by atomic mass is 32.2. The highest BCUT2D eigenvalue weighted by Gasteiger charge is 2.17. The van der Waals surface area contributed by atoms with Crippen LogP contribution in [-0.4, -0.2) is 52.5 Å². The summed E-state index contributed by atoms with van der Waals surface area (Å²) < 4.78 is 12.6. The lowest BCUT2D eigenvalue weighted by molar-refractivity contribution is -0.125. The summed E-state index contributed by atoms with van der Waals surface area (Å²) in [6, 6.07) is 11.4. The molecule has 0 saturated carbocycles. The Kier molecular flexibility index (Phi) is 5.62. The Morgan fingerprint density at radius 3 is 2.62 bits per heavy atom. The first-order chi connectivity index (χ1) is 12.6. The van der Waals surface area contributed by atoms with Gasteiger partial charge in [0.25, 0.3) is 0 Å². The summed E-state index contributed by atoms with van der Waals surface area (Å²) >= 11 is 1.36. The summed E-state index contributed by atoms with van der Waals surface area (Å²) in [6.07, 6.45) is 1.63. The molecule has 0 aliphatic heterocycles. The maximum absolute atomic E-state index is 11.9. The highest BCUT2D eigenvalue weighted by molar-refractivity contribution is 7.99. The topological polar surface area (TPSA) is 73.4 Å². The summed E-state index contributed by atoms with van der Waals surface area (Å²) in [5.41, 5.74) is 0.913. The smallest absolute Gasteiger partial charge is 0.232 e. The van der Waals surface area contributed by atoms with Crippen molar-refractivity contribution in [2.24, 2.45) is 0 Å². The monoisotopic (exact) mass is 372 g/mol. The molecule has 0 aliphatic carbocycles. The molecular formula is C18H20N4O3S. The molecule has 2 aromatic heterocycles. The zero-order chi connectivity index (χ0) is 18.5. The van der Waals surface area contributed by atoms with Gasteiger partial charge in [0.2, 0.25) is 5.91 Å². The van der Waals surface area contributed by atoms with Gasteiger partial charge in [-0.05, 0) is 36.4 Å². The number of amides is 1. The van der Waals surface area contributed by atoms with Crippen molar-refractivity contribution in [2.75, 3.05) is 27.0 Å². The van der Waals surface area contributed by atoms with E-state index in [1.807, 2.05) is 41.0 Å². The maximum Gasteiger partial charge on any atom is 0.232 e. The molecule has 0 atom stereocenters. The number of nitrogens with zero attached hydrogens (tertiary/aromatic N) is 4. The third-order valence-electron chi connectivity index (χ3n) is 3.78. The van der Waals surface area contributed by atoms with Crippen molar-refractivity contribution in [3.63, 3.8) is 0 Å². The Balaban J connectivity index is 1.91. The number of benzene rings is 1. The molecule has 3 aromatic rings. The molecular weight excluding hydrogens is 352 g/mol. The summed E-state index contributed by atoms with van der Waals surface area (Å²) in [4.78, 5) is 13.5. The number of hydrogen-bond donors (Lipinski definition) is 0. The van der Waals surface area contributed by atoms with Crippen molar-refractivity contribution in [1.82, 2.24) is 19.7 Å². The van der Waals surface area contributed by atoms with Crippen LogP contribution in [0, 0.1) is 0 Å². The normalized spacial score (nSPS) is 10.7. The van der Waals surface area contributed by atoms with Gasteiger partial charge in [-0.3, -0.25) is 9.36 Å². The van der Waals surface area contributed by atoms with Crippen molar-refractivity contribution in [1.29, 1.82) is 0 Å². The van der Waals surface area contributed by atoms with E-state index in [9.17, 15) is 4.79 Å². The van der Waals surface area contributed by atoms with Crippen LogP contribution < -0.4 is 4.74 Å². The van der Waals surface area contributed by atoms with E-state index in [2.05, 4.69) is 10.2 Å². The third kappa shape index (κ3) is 4.08. The molecule has 3 rings (SSSR count). The molecule has 0 saturated heterocycles. The molecule has 0 aliphatic rings. The lowest BCUT2D eigenvalue weighted by atomic mass is 10.2. The second kappa shape index (κ2) is 8.09. The van der Waals surface area contributed by atoms with Gasteiger partial charge in [-0.2, -0.15) is 0 Å². The maximum atomic E-state index is 11.9. The number of thioether (sulfide) groups is 1. The Labute approximate surface area is 156 Å². The van der Waals surface area contributed by atoms with Gasteiger partial charge in [-0.25, -0.2) is 0 Å². The molecule has 136 valence electrons. The number of carbonyl (C=O) groups excluding carboxylic acids is 1. The van der Waals surface area contributed by atoms with Crippen molar-refractivity contribution in [2.45, 2.75) is 11.7 Å². The molecule has 1 amide bonds. The van der Waals surface area contributed by atoms with E-state index in [0.29, 0.717) is 23.3 Å². The zero-order valence-corrected chi connectivity index (χ0v) is 15.7. The fraction of sp³-hybridized carbons (Fsp3) is 0.278. The predicted octanol–water partition coefficient (Wildman–Crippen LogP) is 2.78. The van der Waals surface area contributed by atoms with Gasteiger partial charge in [0.05, 0.1) is 25.7 Å². The lowest BCUT2D eigenvalue weighted by Crippen LogP contribution is -2.23. The Morgan fingerprint density at radius 1 is 1.23 bits per heavy atom. The summed E-state index contributed by atoms with van der Waals surface area (Å²) in [5.74, 6) is 2.60. The zero-order valence-electron chi connectivity index (χ0n) is 14.9. The van der Waals surface area contributed by atoms with E-state index in [1.54, 1.807) is 32.4 Å². The van der Waals surface area contributed by atoms with Gasteiger partial charge in [0.15, 0.2) is 11.0 Å². The Morgan fingerprint density at radius 2 is 2.00 bits per heavy atom. The molecule has 0 N–H and O–H groups in total. The fourth-order valence-electron chi connectivity index (χ4n) is 2.31. The first kappa shape index (κ1) is 18.1. The van der Waals surface area contributed by atoms with Crippen LogP contribution in [0.4, 0.5) is 0 Å². The first-order valence-corrected chi connectivity index (χ1v) is 9.00. The van der Waals surface area contributed by atoms with Gasteiger partial charge >= 0.3 is 0 Å². The molecule has 8 heteroatoms. The molecule has 26 heavy (non-hydrogen) atoms. The minimum Gasteiger partial charge on any atom is -0.497 e. The van der Waals surface area contributed by atoms with E-state index in [0.717, 1.165) is 17.1 Å². The SMILES string of the molecule is COc1ccc(-c2nnc(SCC(=O)N(C)C)n2Cc2ccco2)cc1. The first-order valence-electron chi connectivity index (χ1n) is 8.01. The molecule has 7 nitrogen and oxygen atoms in total. The van der Waals surface area contributed by atoms with Gasteiger partial charge in [0.1, 0.15) is 11.5 Å². The summed E-state index contributed by atoms with van der Waals surface area (Å²) in [7, 11) is 5.10. The number of hydrogen-bond acceptors (Lipinski definition) is 6. The average Bonchev–Trinajstić information content (AvgIpc) is 3.30. The van der Waals surface area contributed by atoms with Crippen LogP contribution in [0.25, 0.3) is 11.4 Å². The van der Waals surface area contributed by atoms with E-state index in [4.69, 9.17) is 9.15 Å². The van der Waals surface area contributed by atoms with Crippen molar-refractivity contribution < 1.29 is 13.9 Å². The number of aromatic nitrogens is 3. The van der Waals surface area contributed by atoms with Gasteiger partial charge in [-0.1, -0.05) is 11.8 Å². The number of ether oxygens (including phenoxy) is 1. The molecule has 0 bridgehead atoms. The summed E-state index contributed by atoms with van der Waals surface area (Å²) in [5, 5.41) is 9.28. The van der Waals surface area contributed by atoms with Crippen molar-refractivity contribution >= 4 is 17.7 Å². The van der Waals surface area contributed by atoms with Crippen LogP contribution in [-0.2, 0) is 11.3 Å². The molecule has 1 aromatic carbocycles. The van der Waals surface area contributed by atoms with Gasteiger partial charge in [0, 0.05) is 19.7 Å². The number of carbonyl (C=O) groups is 1. The predicted molar refractivity (Wildman–Crippen MR) is 99.2 cm³/mol. The minimum absolute atomic E-state index is 0.0218. The molecule has 0 unspecified atom stereocenters. The fourth-order valence-corrected chi connectivity index (χ4v) is 3.22. The third-order valence-corrected chi connectivity index (χ3v) is 4.73. The Hall–Kier alpha value is -2.74. The van der Waals surface area contributed by atoms with E-state index >= 15 is 0 Å². The quantitative estimate of drug-likeness (QED) is 0.594. The minimum atomic E-state index is 0.0218.